The molecule has 15 aromatic rings. The molecule has 76 heavy (non-hydrogen) atoms. The Bertz CT molecular complexity index is 4820. The van der Waals surface area contributed by atoms with E-state index in [0.29, 0.717) is 23.0 Å². The van der Waals surface area contributed by atoms with Crippen LogP contribution in [0.2, 0.25) is 0 Å². The fourth-order valence-electron chi connectivity index (χ4n) is 11.7. The van der Waals surface area contributed by atoms with Crippen molar-refractivity contribution < 1.29 is 0 Å². The summed E-state index contributed by atoms with van der Waals surface area (Å²) in [6, 6.07) is 60.8. The van der Waals surface area contributed by atoms with Gasteiger partial charge in [0.25, 0.3) is 0 Å². The van der Waals surface area contributed by atoms with Gasteiger partial charge in [-0.25, -0.2) is 0 Å². The van der Waals surface area contributed by atoms with E-state index in [0.717, 1.165) is 38.4 Å². The molecule has 0 unspecified atom stereocenters. The highest BCUT2D eigenvalue weighted by molar-refractivity contribution is 7.26. The molecule has 0 saturated heterocycles. The minimum absolute atomic E-state index is 0.615. The third-order valence-corrected chi connectivity index (χ3v) is 17.6. The molecule has 9 aromatic carbocycles. The normalized spacial score (nSPS) is 13.3. The van der Waals surface area contributed by atoms with Crippen LogP contribution < -0.4 is 22.9 Å². The summed E-state index contributed by atoms with van der Waals surface area (Å²) in [6.07, 6.45) is 22.0. The van der Waals surface area contributed by atoms with E-state index < -0.39 is 0 Å². The maximum absolute atomic E-state index is 6.61. The molecule has 8 N–H and O–H groups in total. The van der Waals surface area contributed by atoms with Gasteiger partial charge in [-0.1, -0.05) is 158 Å². The van der Waals surface area contributed by atoms with Gasteiger partial charge in [-0.2, -0.15) is 0 Å². The summed E-state index contributed by atoms with van der Waals surface area (Å²) in [4.78, 5) is 0. The molecular weight excluding hydrogens is 965 g/mol. The maximum atomic E-state index is 6.61. The predicted molar refractivity (Wildman–Crippen MR) is 334 cm³/mol. The van der Waals surface area contributed by atoms with Crippen LogP contribution in [-0.4, -0.2) is 8.80 Å². The van der Waals surface area contributed by atoms with Gasteiger partial charge in [0.15, 0.2) is 0 Å². The molecule has 0 aliphatic heterocycles. The van der Waals surface area contributed by atoms with Crippen LogP contribution in [0.3, 0.4) is 0 Å². The number of thiophene rings is 2. The number of para-hydroxylation sites is 1. The van der Waals surface area contributed by atoms with Gasteiger partial charge < -0.3 is 22.9 Å². The Hall–Kier alpha value is -9.08. The van der Waals surface area contributed by atoms with Crippen LogP contribution in [-0.2, 0) is 0 Å². The second-order valence-corrected chi connectivity index (χ2v) is 21.9. The van der Waals surface area contributed by atoms with Gasteiger partial charge in [0.2, 0.25) is 0 Å². The highest BCUT2D eigenvalue weighted by Gasteiger charge is 2.24. The lowest BCUT2D eigenvalue weighted by Gasteiger charge is -2.07. The first-order chi connectivity index (χ1) is 37.4. The Morgan fingerprint density at radius 3 is 1.47 bits per heavy atom. The zero-order valence-corrected chi connectivity index (χ0v) is 43.3. The Balaban J connectivity index is 0.000000115. The van der Waals surface area contributed by atoms with Crippen molar-refractivity contribution in [2.75, 3.05) is 22.9 Å². The Kier molecular flexibility index (Phi) is 11.0. The Labute approximate surface area is 446 Å². The molecule has 0 bridgehead atoms. The number of aromatic nitrogens is 2. The molecule has 0 spiro atoms. The van der Waals surface area contributed by atoms with Crippen molar-refractivity contribution in [3.63, 3.8) is 0 Å². The van der Waals surface area contributed by atoms with Crippen molar-refractivity contribution in [3.05, 3.63) is 218 Å². The zero-order valence-electron chi connectivity index (χ0n) is 41.6. The van der Waals surface area contributed by atoms with E-state index >= 15 is 0 Å². The van der Waals surface area contributed by atoms with E-state index in [9.17, 15) is 0 Å². The van der Waals surface area contributed by atoms with Gasteiger partial charge in [0.1, 0.15) is 11.6 Å². The molecule has 2 aliphatic carbocycles. The first kappa shape index (κ1) is 45.5. The van der Waals surface area contributed by atoms with Crippen LogP contribution >= 0.6 is 22.7 Å². The molecule has 6 heterocycles. The molecule has 8 heteroatoms. The van der Waals surface area contributed by atoms with E-state index in [4.69, 9.17) is 22.9 Å². The van der Waals surface area contributed by atoms with Crippen molar-refractivity contribution in [2.45, 2.75) is 25.7 Å². The second kappa shape index (κ2) is 18.4. The van der Waals surface area contributed by atoms with Crippen molar-refractivity contribution in [1.29, 1.82) is 0 Å². The average molecular weight is 1020 g/mol. The third-order valence-electron chi connectivity index (χ3n) is 15.3. The standard InChI is InChI=1S/C30H19N3S.C26H17N3S.2C6H8/c31-28-22-15-19(18-10-9-16-5-1-2-6-17(16)13-18)14-21-26-23(33(29(21)22)30(28)32)11-12-25-27(26)20-7-3-4-8-24(20)34-25;27-24-17-8-4-7-16-22-19(29(25(16)17)26(24)28)10-12-21-23(22)18-13-15(9-11-20(18)30-21)14-5-2-1-3-6-14;2*1-2-4-6-5-3-1/h1-15H,31-32H2;1-13H,27-28H2;2*1-4H,5-6H2. The number of benzene rings is 9. The van der Waals surface area contributed by atoms with Gasteiger partial charge in [0, 0.05) is 72.7 Å². The lowest BCUT2D eigenvalue weighted by atomic mass is 9.97. The van der Waals surface area contributed by atoms with Crippen LogP contribution in [0.5, 0.6) is 0 Å². The van der Waals surface area contributed by atoms with E-state index in [1.807, 2.05) is 22.7 Å². The van der Waals surface area contributed by atoms with Crippen molar-refractivity contribution >= 4 is 151 Å². The second-order valence-electron chi connectivity index (χ2n) is 19.8. The summed E-state index contributed by atoms with van der Waals surface area (Å²) < 4.78 is 9.46. The highest BCUT2D eigenvalue weighted by Crippen LogP contribution is 2.49. The number of hydrogen-bond acceptors (Lipinski definition) is 6. The minimum Gasteiger partial charge on any atom is -0.395 e. The molecule has 0 atom stereocenters. The van der Waals surface area contributed by atoms with E-state index in [1.54, 1.807) is 0 Å². The number of anilines is 4. The summed E-state index contributed by atoms with van der Waals surface area (Å²) in [7, 11) is 0. The Morgan fingerprint density at radius 1 is 0.316 bits per heavy atom. The summed E-state index contributed by atoms with van der Waals surface area (Å²) in [5.41, 5.74) is 36.5. The molecule has 0 radical (unpaired) electrons. The fraction of sp³-hybridized carbons (Fsp3) is 0.0588. The first-order valence-electron chi connectivity index (χ1n) is 26.0. The van der Waals surface area contributed by atoms with Crippen molar-refractivity contribution in [1.82, 2.24) is 8.80 Å². The fourth-order valence-corrected chi connectivity index (χ4v) is 14.0. The molecule has 0 amide bonds. The summed E-state index contributed by atoms with van der Waals surface area (Å²) in [5.74, 6) is 1.24. The number of nitrogen functional groups attached to an aromatic ring is 4. The van der Waals surface area contributed by atoms with Gasteiger partial charge in [-0.3, -0.25) is 8.80 Å². The molecule has 6 nitrogen and oxygen atoms in total. The smallest absolute Gasteiger partial charge is 0.132 e. The van der Waals surface area contributed by atoms with Crippen LogP contribution in [0.25, 0.3) is 128 Å². The molecule has 366 valence electrons. The molecule has 2 aliphatic rings. The first-order valence-corrected chi connectivity index (χ1v) is 27.6. The highest BCUT2D eigenvalue weighted by atomic mass is 32.1. The van der Waals surface area contributed by atoms with E-state index in [-0.39, 0.29) is 0 Å². The van der Waals surface area contributed by atoms with Crippen LogP contribution in [0.15, 0.2) is 218 Å². The molecule has 6 aromatic heterocycles. The predicted octanol–water partition coefficient (Wildman–Crippen LogP) is 18.7. The third kappa shape index (κ3) is 7.28. The monoisotopic (exact) mass is 1020 g/mol. The molecule has 17 rings (SSSR count). The molecular formula is C68H52N6S2. The van der Waals surface area contributed by atoms with Crippen LogP contribution in [0.1, 0.15) is 25.7 Å². The number of allylic oxidation sites excluding steroid dienone is 8. The van der Waals surface area contributed by atoms with Gasteiger partial charge >= 0.3 is 0 Å². The number of nitrogens with zero attached hydrogens (tertiary/aromatic N) is 2. The summed E-state index contributed by atoms with van der Waals surface area (Å²) in [6.45, 7) is 0. The molecule has 0 fully saturated rings. The lowest BCUT2D eigenvalue weighted by molar-refractivity contribution is 1.04. The van der Waals surface area contributed by atoms with Gasteiger partial charge in [0.05, 0.1) is 33.4 Å². The lowest BCUT2D eigenvalue weighted by Crippen LogP contribution is -1.95. The van der Waals surface area contributed by atoms with E-state index in [1.165, 1.54) is 115 Å². The van der Waals surface area contributed by atoms with Crippen molar-refractivity contribution in [2.24, 2.45) is 0 Å². The van der Waals surface area contributed by atoms with Crippen molar-refractivity contribution in [3.8, 4) is 22.3 Å². The quantitative estimate of drug-likeness (QED) is 0.138. The number of hydrogen-bond donors (Lipinski definition) is 4. The van der Waals surface area contributed by atoms with Crippen LogP contribution in [0, 0.1) is 0 Å². The minimum atomic E-state index is 0.615. The number of rotatable bonds is 2. The topological polar surface area (TPSA) is 113 Å². The summed E-state index contributed by atoms with van der Waals surface area (Å²) in [5, 5.41) is 14.6. The Morgan fingerprint density at radius 2 is 0.803 bits per heavy atom. The summed E-state index contributed by atoms with van der Waals surface area (Å²) >= 11 is 3.69. The SMILES string of the molecule is C1=CCCC=C1.C1=CCCC=C1.Nc1c(N)n2c3ccc4sc5ccc(-c6ccccc6)cc5c4c3c3cccc1c32.Nc1c(N)n2c3ccc4sc5ccccc5c4c3c3cc(-c4ccc5ccccc5c4)cc1c32. The largest absolute Gasteiger partial charge is 0.395 e. The number of fused-ring (bicyclic) bond motifs is 15. The van der Waals surface area contributed by atoms with Gasteiger partial charge in [-0.15, -0.1) is 22.7 Å². The number of nitrogens with two attached hydrogens (primary N) is 4. The molecule has 0 saturated carbocycles. The maximum Gasteiger partial charge on any atom is 0.132 e. The average Bonchev–Trinajstić information content (AvgIpc) is 4.52. The van der Waals surface area contributed by atoms with E-state index in [2.05, 4.69) is 227 Å². The zero-order chi connectivity index (χ0) is 51.0. The van der Waals surface area contributed by atoms with Crippen LogP contribution in [0.4, 0.5) is 23.0 Å². The van der Waals surface area contributed by atoms with Gasteiger partial charge in [-0.05, 0) is 119 Å².